The molecule has 1 aromatic carbocycles. The first-order valence-corrected chi connectivity index (χ1v) is 13.1. The standard InChI is InChI=1S/C29H37N5O2/c1-4-22(20-14-15-32-24(16-20)25-17-21-12-8-9-13-23(21)33-25)26(30)28(35)27(19-10-6-5-7-11-19)34-29(36)18(2)31-3/h8-9,12-19,22,27,30-31,33H,4-7,10-11H2,1-3H3,(H,34,36)/t18-,22-,27-/m0/s1. The number of aromatic amines is 1. The minimum Gasteiger partial charge on any atom is -0.353 e. The maximum Gasteiger partial charge on any atom is 0.237 e. The monoisotopic (exact) mass is 487 g/mol. The number of hydrogen-bond donors (Lipinski definition) is 4. The third kappa shape index (κ3) is 5.57. The second-order valence-corrected chi connectivity index (χ2v) is 9.88. The molecular weight excluding hydrogens is 450 g/mol. The number of amides is 1. The highest BCUT2D eigenvalue weighted by Crippen LogP contribution is 2.31. The summed E-state index contributed by atoms with van der Waals surface area (Å²) in [5.74, 6) is -0.772. The van der Waals surface area contributed by atoms with E-state index in [2.05, 4.69) is 32.7 Å². The van der Waals surface area contributed by atoms with Crippen molar-refractivity contribution < 1.29 is 9.59 Å². The summed E-state index contributed by atoms with van der Waals surface area (Å²) in [6, 6.07) is 12.9. The second kappa shape index (κ2) is 11.6. The van der Waals surface area contributed by atoms with E-state index in [9.17, 15) is 9.59 Å². The van der Waals surface area contributed by atoms with Gasteiger partial charge in [-0.25, -0.2) is 0 Å². The summed E-state index contributed by atoms with van der Waals surface area (Å²) in [5, 5.41) is 16.0. The van der Waals surface area contributed by atoms with Crippen molar-refractivity contribution in [3.63, 3.8) is 0 Å². The van der Waals surface area contributed by atoms with E-state index in [1.807, 2.05) is 37.3 Å². The molecule has 1 fully saturated rings. The Hall–Kier alpha value is -3.32. The lowest BCUT2D eigenvalue weighted by Crippen LogP contribution is -2.53. The highest BCUT2D eigenvalue weighted by atomic mass is 16.2. The zero-order chi connectivity index (χ0) is 25.7. The van der Waals surface area contributed by atoms with Gasteiger partial charge in [0.05, 0.1) is 29.2 Å². The molecule has 0 unspecified atom stereocenters. The molecule has 0 bridgehead atoms. The van der Waals surface area contributed by atoms with Crippen LogP contribution in [0.15, 0.2) is 48.7 Å². The van der Waals surface area contributed by atoms with Crippen molar-refractivity contribution in [3.8, 4) is 11.4 Å². The number of carbonyl (C=O) groups is 2. The van der Waals surface area contributed by atoms with Crippen LogP contribution in [-0.4, -0.2) is 46.5 Å². The molecule has 3 aromatic rings. The van der Waals surface area contributed by atoms with E-state index in [0.29, 0.717) is 6.42 Å². The highest BCUT2D eigenvalue weighted by molar-refractivity contribution is 6.42. The van der Waals surface area contributed by atoms with Gasteiger partial charge in [0.1, 0.15) is 0 Å². The predicted molar refractivity (Wildman–Crippen MR) is 144 cm³/mol. The molecule has 1 aliphatic rings. The van der Waals surface area contributed by atoms with Crippen LogP contribution in [0.2, 0.25) is 0 Å². The van der Waals surface area contributed by atoms with Gasteiger partial charge in [-0.05, 0) is 69.0 Å². The van der Waals surface area contributed by atoms with Crippen molar-refractivity contribution in [3.05, 3.63) is 54.2 Å². The highest BCUT2D eigenvalue weighted by Gasteiger charge is 2.36. The van der Waals surface area contributed by atoms with Gasteiger partial charge in [-0.2, -0.15) is 0 Å². The fraction of sp³-hybridized carbons (Fsp3) is 0.448. The van der Waals surface area contributed by atoms with E-state index in [-0.39, 0.29) is 29.2 Å². The summed E-state index contributed by atoms with van der Waals surface area (Å²) in [6.07, 6.45) is 7.40. The summed E-state index contributed by atoms with van der Waals surface area (Å²) in [4.78, 5) is 34.4. The summed E-state index contributed by atoms with van der Waals surface area (Å²) in [7, 11) is 1.73. The Labute approximate surface area is 213 Å². The number of rotatable bonds is 10. The Morgan fingerprint density at radius 3 is 2.58 bits per heavy atom. The molecule has 2 heterocycles. The Kier molecular flexibility index (Phi) is 8.31. The van der Waals surface area contributed by atoms with Crippen LogP contribution in [0.4, 0.5) is 0 Å². The Morgan fingerprint density at radius 1 is 1.14 bits per heavy atom. The molecular formula is C29H37N5O2. The molecule has 0 spiro atoms. The Balaban J connectivity index is 1.59. The number of para-hydroxylation sites is 1. The number of nitrogens with zero attached hydrogens (tertiary/aromatic N) is 1. The molecule has 1 aliphatic carbocycles. The Morgan fingerprint density at radius 2 is 1.89 bits per heavy atom. The second-order valence-electron chi connectivity index (χ2n) is 9.88. The van der Waals surface area contributed by atoms with Crippen LogP contribution in [0.1, 0.15) is 63.9 Å². The van der Waals surface area contributed by atoms with Gasteiger partial charge >= 0.3 is 0 Å². The van der Waals surface area contributed by atoms with Crippen LogP contribution in [0.5, 0.6) is 0 Å². The van der Waals surface area contributed by atoms with Crippen LogP contribution < -0.4 is 10.6 Å². The molecule has 7 nitrogen and oxygen atoms in total. The fourth-order valence-corrected chi connectivity index (χ4v) is 5.24. The number of H-pyrrole nitrogens is 1. The van der Waals surface area contributed by atoms with E-state index in [4.69, 9.17) is 5.41 Å². The molecule has 0 radical (unpaired) electrons. The number of aromatic nitrogens is 2. The number of carbonyl (C=O) groups excluding carboxylic acids is 2. The van der Waals surface area contributed by atoms with E-state index < -0.39 is 12.1 Å². The maximum absolute atomic E-state index is 13.8. The third-order valence-electron chi connectivity index (χ3n) is 7.54. The normalized spacial score (nSPS) is 16.9. The lowest BCUT2D eigenvalue weighted by molar-refractivity contribution is -0.127. The molecule has 1 amide bonds. The molecule has 2 aromatic heterocycles. The summed E-state index contributed by atoms with van der Waals surface area (Å²) >= 11 is 0. The molecule has 7 heteroatoms. The van der Waals surface area contributed by atoms with Gasteiger partial charge < -0.3 is 21.0 Å². The molecule has 190 valence electrons. The quantitative estimate of drug-likeness (QED) is 0.302. The fourth-order valence-electron chi connectivity index (χ4n) is 5.24. The molecule has 3 atom stereocenters. The van der Waals surface area contributed by atoms with Crippen LogP contribution in [0.25, 0.3) is 22.3 Å². The van der Waals surface area contributed by atoms with Crippen LogP contribution in [-0.2, 0) is 9.59 Å². The lowest BCUT2D eigenvalue weighted by Gasteiger charge is -2.32. The average molecular weight is 488 g/mol. The SMILES string of the molecule is CC[C@H](C(=N)C(=O)[C@@H](NC(=O)[C@H](C)NC)C1CCCCC1)c1ccnc(-c2cc3ccccc3[nH]2)c1. The molecule has 4 N–H and O–H groups in total. The smallest absolute Gasteiger partial charge is 0.237 e. The summed E-state index contributed by atoms with van der Waals surface area (Å²) in [6.45, 7) is 3.77. The number of nitrogens with one attached hydrogen (secondary N) is 4. The number of Topliss-reactive ketones (excluding diaryl/α,β-unsaturated/α-hetero) is 1. The van der Waals surface area contributed by atoms with Crippen molar-refractivity contribution in [1.82, 2.24) is 20.6 Å². The first kappa shape index (κ1) is 25.8. The van der Waals surface area contributed by atoms with E-state index >= 15 is 0 Å². The summed E-state index contributed by atoms with van der Waals surface area (Å²) < 4.78 is 0. The van der Waals surface area contributed by atoms with Gasteiger partial charge in [0, 0.05) is 23.0 Å². The lowest BCUT2D eigenvalue weighted by atomic mass is 9.78. The minimum absolute atomic E-state index is 0.0549. The molecule has 0 saturated heterocycles. The number of fused-ring (bicyclic) bond motifs is 1. The molecule has 1 saturated carbocycles. The largest absolute Gasteiger partial charge is 0.353 e. The van der Waals surface area contributed by atoms with Gasteiger partial charge in [0.15, 0.2) is 5.78 Å². The van der Waals surface area contributed by atoms with Gasteiger partial charge in [-0.15, -0.1) is 0 Å². The number of pyridine rings is 1. The van der Waals surface area contributed by atoms with Crippen LogP contribution in [0, 0.1) is 11.3 Å². The van der Waals surface area contributed by atoms with Crippen molar-refractivity contribution >= 4 is 28.3 Å². The van der Waals surface area contributed by atoms with Gasteiger partial charge in [-0.1, -0.05) is 44.4 Å². The van der Waals surface area contributed by atoms with Gasteiger partial charge in [0.2, 0.25) is 5.91 Å². The van der Waals surface area contributed by atoms with Gasteiger partial charge in [0.25, 0.3) is 0 Å². The number of hydrogen-bond acceptors (Lipinski definition) is 5. The van der Waals surface area contributed by atoms with E-state index in [1.165, 1.54) is 0 Å². The van der Waals surface area contributed by atoms with Gasteiger partial charge in [-0.3, -0.25) is 14.6 Å². The number of likely N-dealkylation sites (N-methyl/N-ethyl adjacent to an activating group) is 1. The first-order valence-electron chi connectivity index (χ1n) is 13.1. The predicted octanol–water partition coefficient (Wildman–Crippen LogP) is 4.99. The molecule has 0 aliphatic heterocycles. The molecule has 4 rings (SSSR count). The summed E-state index contributed by atoms with van der Waals surface area (Å²) in [5.41, 5.74) is 3.66. The van der Waals surface area contributed by atoms with E-state index in [1.54, 1.807) is 20.2 Å². The Bertz CT molecular complexity index is 1190. The zero-order valence-electron chi connectivity index (χ0n) is 21.4. The first-order chi connectivity index (χ1) is 17.4. The number of benzene rings is 1. The minimum atomic E-state index is -0.662. The molecule has 36 heavy (non-hydrogen) atoms. The third-order valence-corrected chi connectivity index (χ3v) is 7.54. The van der Waals surface area contributed by atoms with Crippen molar-refractivity contribution in [2.24, 2.45) is 5.92 Å². The zero-order valence-corrected chi connectivity index (χ0v) is 21.4. The van der Waals surface area contributed by atoms with Crippen molar-refractivity contribution in [2.45, 2.75) is 70.4 Å². The van der Waals surface area contributed by atoms with E-state index in [0.717, 1.165) is 60.0 Å². The van der Waals surface area contributed by atoms with Crippen LogP contribution >= 0.6 is 0 Å². The van der Waals surface area contributed by atoms with Crippen molar-refractivity contribution in [1.29, 1.82) is 5.41 Å². The number of ketones is 1. The van der Waals surface area contributed by atoms with Crippen LogP contribution in [0.3, 0.4) is 0 Å². The average Bonchev–Trinajstić information content (AvgIpc) is 3.36. The maximum atomic E-state index is 13.8. The van der Waals surface area contributed by atoms with Crippen molar-refractivity contribution in [2.75, 3.05) is 7.05 Å². The topological polar surface area (TPSA) is 111 Å².